The molecule has 1 amide bonds. The van der Waals surface area contributed by atoms with Gasteiger partial charge in [0.05, 0.1) is 17.6 Å². The minimum Gasteiger partial charge on any atom is -0.352 e. The van der Waals surface area contributed by atoms with Crippen molar-refractivity contribution in [3.05, 3.63) is 95.1 Å². The summed E-state index contributed by atoms with van der Waals surface area (Å²) in [7, 11) is 0. The van der Waals surface area contributed by atoms with E-state index in [1.807, 2.05) is 6.07 Å². The van der Waals surface area contributed by atoms with Gasteiger partial charge >= 0.3 is 0 Å². The van der Waals surface area contributed by atoms with E-state index in [0.29, 0.717) is 6.54 Å². The van der Waals surface area contributed by atoms with Gasteiger partial charge in [0.2, 0.25) is 11.9 Å². The fourth-order valence-electron chi connectivity index (χ4n) is 5.02. The molecule has 0 bridgehead atoms. The molecule has 1 aromatic heterocycles. The van der Waals surface area contributed by atoms with Gasteiger partial charge in [-0.15, -0.1) is 0 Å². The molecule has 0 atom stereocenters. The minimum absolute atomic E-state index is 0.0516. The predicted octanol–water partition coefficient (Wildman–Crippen LogP) is 5.49. The summed E-state index contributed by atoms with van der Waals surface area (Å²) in [4.78, 5) is 20.2. The van der Waals surface area contributed by atoms with E-state index in [-0.39, 0.29) is 11.8 Å². The topological polar surface area (TPSA) is 50.2 Å². The van der Waals surface area contributed by atoms with Crippen LogP contribution in [0.1, 0.15) is 42.0 Å². The van der Waals surface area contributed by atoms with E-state index in [2.05, 4.69) is 95.4 Å². The number of aromatic nitrogens is 2. The van der Waals surface area contributed by atoms with Crippen LogP contribution in [0, 0.1) is 12.8 Å². The Hall–Kier alpha value is -3.60. The predicted molar refractivity (Wildman–Crippen MR) is 143 cm³/mol. The van der Waals surface area contributed by atoms with Crippen LogP contribution in [0.15, 0.2) is 72.8 Å². The second kappa shape index (κ2) is 10.3. The summed E-state index contributed by atoms with van der Waals surface area (Å²) in [5.74, 6) is 1.22. The smallest absolute Gasteiger partial charge is 0.223 e. The van der Waals surface area contributed by atoms with Gasteiger partial charge < -0.3 is 14.8 Å². The summed E-state index contributed by atoms with van der Waals surface area (Å²) in [5, 5.41) is 3.15. The number of hydrogen-bond acceptors (Lipinski definition) is 3. The third kappa shape index (κ3) is 5.24. The maximum Gasteiger partial charge on any atom is 0.223 e. The Morgan fingerprint density at radius 2 is 1.69 bits per heavy atom. The third-order valence-electron chi connectivity index (χ3n) is 7.10. The molecule has 1 N–H and O–H groups in total. The van der Waals surface area contributed by atoms with E-state index in [0.717, 1.165) is 61.4 Å². The van der Waals surface area contributed by atoms with E-state index in [4.69, 9.17) is 4.98 Å². The molecule has 0 radical (unpaired) electrons. The molecule has 180 valence electrons. The molecular weight excluding hydrogens is 432 g/mol. The highest BCUT2D eigenvalue weighted by Gasteiger charge is 2.27. The second-order valence-corrected chi connectivity index (χ2v) is 9.62. The molecule has 4 aromatic rings. The van der Waals surface area contributed by atoms with Gasteiger partial charge in [-0.25, -0.2) is 4.98 Å². The van der Waals surface area contributed by atoms with Crippen LogP contribution in [0.2, 0.25) is 0 Å². The number of hydrogen-bond donors (Lipinski definition) is 1. The fraction of sp³-hybridized carbons (Fsp3) is 0.333. The number of fused-ring (bicyclic) bond motifs is 1. The van der Waals surface area contributed by atoms with E-state index >= 15 is 0 Å². The first kappa shape index (κ1) is 23.2. The van der Waals surface area contributed by atoms with Crippen LogP contribution in [-0.4, -0.2) is 28.5 Å². The first-order valence-corrected chi connectivity index (χ1v) is 12.7. The third-order valence-corrected chi connectivity index (χ3v) is 7.10. The Balaban J connectivity index is 1.26. The van der Waals surface area contributed by atoms with Gasteiger partial charge in [-0.2, -0.15) is 0 Å². The SMILES string of the molecule is CCc1ccc(CNC(=O)C2CCN(c3nc4ccccc4n3Cc3cccc(C)c3)CC2)cc1. The molecule has 5 nitrogen and oxygen atoms in total. The monoisotopic (exact) mass is 466 g/mol. The molecule has 0 aliphatic carbocycles. The van der Waals surface area contributed by atoms with Gasteiger partial charge in [-0.1, -0.05) is 73.2 Å². The molecule has 5 heteroatoms. The van der Waals surface area contributed by atoms with Gasteiger partial charge in [0.25, 0.3) is 0 Å². The second-order valence-electron chi connectivity index (χ2n) is 9.62. The average Bonchev–Trinajstić information content (AvgIpc) is 3.26. The lowest BCUT2D eigenvalue weighted by Gasteiger charge is -2.32. The van der Waals surface area contributed by atoms with Crippen LogP contribution in [0.3, 0.4) is 0 Å². The van der Waals surface area contributed by atoms with Gasteiger partial charge in [-0.3, -0.25) is 4.79 Å². The molecule has 5 rings (SSSR count). The molecule has 0 saturated carbocycles. The molecule has 3 aromatic carbocycles. The number of benzene rings is 3. The van der Waals surface area contributed by atoms with E-state index < -0.39 is 0 Å². The maximum atomic E-state index is 12.9. The van der Waals surface area contributed by atoms with Crippen molar-refractivity contribution in [1.29, 1.82) is 0 Å². The van der Waals surface area contributed by atoms with Crippen LogP contribution in [0.4, 0.5) is 5.95 Å². The molecule has 1 aliphatic rings. The lowest BCUT2D eigenvalue weighted by atomic mass is 9.96. The number of nitrogens with one attached hydrogen (secondary N) is 1. The van der Waals surface area contributed by atoms with E-state index in [9.17, 15) is 4.79 Å². The Morgan fingerprint density at radius 1 is 0.943 bits per heavy atom. The normalized spacial score (nSPS) is 14.4. The maximum absolute atomic E-state index is 12.9. The number of para-hydroxylation sites is 2. The Kier molecular flexibility index (Phi) is 6.84. The summed E-state index contributed by atoms with van der Waals surface area (Å²) in [6.45, 7) is 7.33. The standard InChI is InChI=1S/C30H34N4O/c1-3-23-11-13-24(14-12-23)20-31-29(35)26-15-17-33(18-16-26)30-32-27-9-4-5-10-28(27)34(30)21-25-8-6-7-22(2)19-25/h4-14,19,26H,3,15-18,20-21H2,1-2H3,(H,31,35). The van der Waals surface area contributed by atoms with Crippen LogP contribution in [-0.2, 0) is 24.3 Å². The van der Waals surface area contributed by atoms with Gasteiger partial charge in [0.15, 0.2) is 0 Å². The van der Waals surface area contributed by atoms with Crippen molar-refractivity contribution in [2.75, 3.05) is 18.0 Å². The number of carbonyl (C=O) groups excluding carboxylic acids is 1. The van der Waals surface area contributed by atoms with Gasteiger partial charge in [0, 0.05) is 25.6 Å². The molecular formula is C30H34N4O. The molecule has 1 saturated heterocycles. The highest BCUT2D eigenvalue weighted by molar-refractivity contribution is 5.80. The summed E-state index contributed by atoms with van der Waals surface area (Å²) < 4.78 is 2.32. The molecule has 2 heterocycles. The highest BCUT2D eigenvalue weighted by Crippen LogP contribution is 2.28. The van der Waals surface area contributed by atoms with E-state index in [1.54, 1.807) is 0 Å². The zero-order chi connectivity index (χ0) is 24.2. The molecule has 35 heavy (non-hydrogen) atoms. The fourth-order valence-corrected chi connectivity index (χ4v) is 5.02. The Labute approximate surface area is 207 Å². The number of rotatable bonds is 7. The summed E-state index contributed by atoms with van der Waals surface area (Å²) in [6, 6.07) is 25.5. The van der Waals surface area contributed by atoms with Crippen molar-refractivity contribution in [3.63, 3.8) is 0 Å². The van der Waals surface area contributed by atoms with Crippen molar-refractivity contribution in [2.45, 2.75) is 46.2 Å². The van der Waals surface area contributed by atoms with Crippen molar-refractivity contribution < 1.29 is 4.79 Å². The van der Waals surface area contributed by atoms with Crippen molar-refractivity contribution in [3.8, 4) is 0 Å². The van der Waals surface area contributed by atoms with Crippen LogP contribution >= 0.6 is 0 Å². The van der Waals surface area contributed by atoms with E-state index in [1.165, 1.54) is 16.7 Å². The first-order chi connectivity index (χ1) is 17.1. The summed E-state index contributed by atoms with van der Waals surface area (Å²) in [5.41, 5.74) is 7.18. The number of piperidine rings is 1. The zero-order valence-electron chi connectivity index (χ0n) is 20.7. The number of aryl methyl sites for hydroxylation is 2. The van der Waals surface area contributed by atoms with Crippen molar-refractivity contribution >= 4 is 22.9 Å². The van der Waals surface area contributed by atoms with Gasteiger partial charge in [0.1, 0.15) is 0 Å². The molecule has 0 unspecified atom stereocenters. The van der Waals surface area contributed by atoms with Crippen molar-refractivity contribution in [1.82, 2.24) is 14.9 Å². The van der Waals surface area contributed by atoms with Crippen LogP contribution in [0.5, 0.6) is 0 Å². The zero-order valence-corrected chi connectivity index (χ0v) is 20.7. The number of anilines is 1. The lowest BCUT2D eigenvalue weighted by molar-refractivity contribution is -0.125. The number of amides is 1. The Bertz CT molecular complexity index is 1300. The summed E-state index contributed by atoms with van der Waals surface area (Å²) >= 11 is 0. The van der Waals surface area contributed by atoms with Crippen LogP contribution < -0.4 is 10.2 Å². The quantitative estimate of drug-likeness (QED) is 0.392. The molecule has 0 spiro atoms. The van der Waals surface area contributed by atoms with Crippen LogP contribution in [0.25, 0.3) is 11.0 Å². The Morgan fingerprint density at radius 3 is 2.43 bits per heavy atom. The number of carbonyl (C=O) groups is 1. The van der Waals surface area contributed by atoms with Crippen molar-refractivity contribution in [2.24, 2.45) is 5.92 Å². The minimum atomic E-state index is 0.0516. The highest BCUT2D eigenvalue weighted by atomic mass is 16.1. The molecule has 1 aliphatic heterocycles. The van der Waals surface area contributed by atoms with Gasteiger partial charge in [-0.05, 0) is 55.0 Å². The number of nitrogens with zero attached hydrogens (tertiary/aromatic N) is 3. The number of imidazole rings is 1. The molecule has 1 fully saturated rings. The summed E-state index contributed by atoms with van der Waals surface area (Å²) in [6.07, 6.45) is 2.71. The first-order valence-electron chi connectivity index (χ1n) is 12.7. The average molecular weight is 467 g/mol. The largest absolute Gasteiger partial charge is 0.352 e. The lowest BCUT2D eigenvalue weighted by Crippen LogP contribution is -2.41.